The molecular weight excluding hydrogens is 239 g/mol. The molecule has 0 spiro atoms. The Morgan fingerprint density at radius 2 is 1.67 bits per heavy atom. The van der Waals surface area contributed by atoms with Crippen LogP contribution in [0, 0.1) is 0 Å². The molecule has 2 fully saturated rings. The van der Waals surface area contributed by atoms with Crippen LogP contribution in [0.4, 0.5) is 13.2 Å². The molecule has 1 nitrogen and oxygen atoms in total. The van der Waals surface area contributed by atoms with E-state index in [4.69, 9.17) is 0 Å². The maximum atomic E-state index is 12.8. The van der Waals surface area contributed by atoms with Crippen LogP contribution >= 0.6 is 0 Å². The van der Waals surface area contributed by atoms with Crippen LogP contribution in [-0.4, -0.2) is 17.8 Å². The van der Waals surface area contributed by atoms with Gasteiger partial charge in [0.1, 0.15) is 5.54 Å². The lowest BCUT2D eigenvalue weighted by molar-refractivity contribution is -0.169. The minimum Gasteiger partial charge on any atom is -0.301 e. The lowest BCUT2D eigenvalue weighted by Crippen LogP contribution is -2.53. The quantitative estimate of drug-likeness (QED) is 0.870. The van der Waals surface area contributed by atoms with E-state index >= 15 is 0 Å². The third kappa shape index (κ3) is 2.03. The fourth-order valence-corrected chi connectivity index (χ4v) is 2.76. The van der Waals surface area contributed by atoms with E-state index in [9.17, 15) is 13.2 Å². The van der Waals surface area contributed by atoms with E-state index in [-0.39, 0.29) is 18.9 Å². The summed E-state index contributed by atoms with van der Waals surface area (Å²) in [5.41, 5.74) is -0.313. The van der Waals surface area contributed by atoms with Crippen LogP contribution < -0.4 is 5.32 Å². The maximum absolute atomic E-state index is 12.8. The van der Waals surface area contributed by atoms with E-state index in [0.29, 0.717) is 5.92 Å². The highest BCUT2D eigenvalue weighted by Crippen LogP contribution is 2.51. The fourth-order valence-electron chi connectivity index (χ4n) is 2.76. The van der Waals surface area contributed by atoms with Crippen molar-refractivity contribution in [1.82, 2.24) is 5.32 Å². The first-order chi connectivity index (χ1) is 8.50. The van der Waals surface area contributed by atoms with Crippen molar-refractivity contribution in [1.29, 1.82) is 0 Å². The van der Waals surface area contributed by atoms with Gasteiger partial charge in [0.05, 0.1) is 0 Å². The largest absolute Gasteiger partial charge is 0.406 e. The Bertz CT molecular complexity index is 416. The molecule has 0 bridgehead atoms. The highest BCUT2D eigenvalue weighted by Gasteiger charge is 2.64. The summed E-state index contributed by atoms with van der Waals surface area (Å²) < 4.78 is 38.3. The summed E-state index contributed by atoms with van der Waals surface area (Å²) in [4.78, 5) is 0. The van der Waals surface area contributed by atoms with E-state index in [0.717, 1.165) is 12.8 Å². The summed E-state index contributed by atoms with van der Waals surface area (Å²) >= 11 is 0. The second-order valence-electron chi connectivity index (χ2n) is 5.50. The third-order valence-corrected chi connectivity index (χ3v) is 4.18. The van der Waals surface area contributed by atoms with Crippen LogP contribution in [0.1, 0.15) is 37.2 Å². The molecule has 0 aliphatic heterocycles. The standard InChI is InChI=1S/C14H16F3N/c15-14(16,17)13(6-7-13)18-12-8-11(9-12)10-4-2-1-3-5-10/h1-5,11-12,18H,6-9H2. The first-order valence-electron chi connectivity index (χ1n) is 6.40. The van der Waals surface area contributed by atoms with Crippen molar-refractivity contribution in [3.8, 4) is 0 Å². The summed E-state index contributed by atoms with van der Waals surface area (Å²) in [6.07, 6.45) is -1.97. The van der Waals surface area contributed by atoms with Crippen LogP contribution in [0.25, 0.3) is 0 Å². The van der Waals surface area contributed by atoms with Gasteiger partial charge in [-0.1, -0.05) is 30.3 Å². The molecule has 0 amide bonds. The molecule has 0 saturated heterocycles. The van der Waals surface area contributed by atoms with Gasteiger partial charge in [-0.15, -0.1) is 0 Å². The zero-order valence-corrected chi connectivity index (χ0v) is 10.0. The molecule has 0 radical (unpaired) electrons. The van der Waals surface area contributed by atoms with Crippen LogP contribution in [0.15, 0.2) is 30.3 Å². The molecule has 0 aromatic heterocycles. The topological polar surface area (TPSA) is 12.0 Å². The van der Waals surface area contributed by atoms with Gasteiger partial charge in [0.15, 0.2) is 0 Å². The second kappa shape index (κ2) is 3.98. The molecule has 2 aliphatic rings. The Morgan fingerprint density at radius 3 is 2.17 bits per heavy atom. The number of alkyl halides is 3. The van der Waals surface area contributed by atoms with Crippen LogP contribution in [-0.2, 0) is 0 Å². The number of nitrogens with one attached hydrogen (secondary N) is 1. The predicted molar refractivity (Wildman–Crippen MR) is 63.4 cm³/mol. The van der Waals surface area contributed by atoms with Crippen molar-refractivity contribution < 1.29 is 13.2 Å². The zero-order chi connectivity index (χ0) is 12.8. The second-order valence-corrected chi connectivity index (χ2v) is 5.50. The van der Waals surface area contributed by atoms with Gasteiger partial charge in [-0.2, -0.15) is 13.2 Å². The Labute approximate surface area is 104 Å². The summed E-state index contributed by atoms with van der Waals surface area (Å²) in [6, 6.07) is 10.1. The Hall–Kier alpha value is -1.03. The minimum absolute atomic E-state index is 0.0272. The van der Waals surface area contributed by atoms with E-state index in [1.807, 2.05) is 18.2 Å². The number of rotatable bonds is 3. The molecule has 0 atom stereocenters. The molecule has 1 N–H and O–H groups in total. The van der Waals surface area contributed by atoms with E-state index in [1.54, 1.807) is 0 Å². The van der Waals surface area contributed by atoms with Crippen molar-refractivity contribution in [3.63, 3.8) is 0 Å². The summed E-state index contributed by atoms with van der Waals surface area (Å²) in [5.74, 6) is 0.424. The van der Waals surface area contributed by atoms with Crippen LogP contribution in [0.2, 0.25) is 0 Å². The van der Waals surface area contributed by atoms with Gasteiger partial charge >= 0.3 is 6.18 Å². The highest BCUT2D eigenvalue weighted by atomic mass is 19.4. The lowest BCUT2D eigenvalue weighted by Gasteiger charge is -2.39. The maximum Gasteiger partial charge on any atom is 0.406 e. The Kier molecular flexibility index (Phi) is 2.66. The molecule has 4 heteroatoms. The smallest absolute Gasteiger partial charge is 0.301 e. The van der Waals surface area contributed by atoms with E-state index in [2.05, 4.69) is 17.4 Å². The van der Waals surface area contributed by atoms with E-state index < -0.39 is 11.7 Å². The number of benzene rings is 1. The van der Waals surface area contributed by atoms with Crippen molar-refractivity contribution in [2.45, 2.75) is 49.4 Å². The predicted octanol–water partition coefficient (Wildman–Crippen LogP) is 3.62. The minimum atomic E-state index is -4.09. The van der Waals surface area contributed by atoms with Gasteiger partial charge < -0.3 is 5.32 Å². The van der Waals surface area contributed by atoms with Gasteiger partial charge in [0.25, 0.3) is 0 Å². The van der Waals surface area contributed by atoms with Gasteiger partial charge in [-0.05, 0) is 37.2 Å². The van der Waals surface area contributed by atoms with Crippen molar-refractivity contribution >= 4 is 0 Å². The van der Waals surface area contributed by atoms with E-state index in [1.165, 1.54) is 5.56 Å². The molecule has 0 heterocycles. The molecule has 2 saturated carbocycles. The Morgan fingerprint density at radius 1 is 1.06 bits per heavy atom. The van der Waals surface area contributed by atoms with Crippen molar-refractivity contribution in [2.24, 2.45) is 0 Å². The normalized spacial score (nSPS) is 29.7. The molecule has 18 heavy (non-hydrogen) atoms. The molecule has 1 aromatic rings. The number of hydrogen-bond acceptors (Lipinski definition) is 1. The first kappa shape index (κ1) is 12.0. The van der Waals surface area contributed by atoms with Gasteiger partial charge in [-0.3, -0.25) is 0 Å². The average molecular weight is 255 g/mol. The number of halogens is 3. The molecule has 98 valence electrons. The fraction of sp³-hybridized carbons (Fsp3) is 0.571. The highest BCUT2D eigenvalue weighted by molar-refractivity contribution is 5.23. The summed E-state index contributed by atoms with van der Waals surface area (Å²) in [7, 11) is 0. The molecule has 3 rings (SSSR count). The zero-order valence-electron chi connectivity index (χ0n) is 10.0. The van der Waals surface area contributed by atoms with Crippen molar-refractivity contribution in [3.05, 3.63) is 35.9 Å². The first-order valence-corrected chi connectivity index (χ1v) is 6.40. The van der Waals surface area contributed by atoms with Crippen LogP contribution in [0.3, 0.4) is 0 Å². The van der Waals surface area contributed by atoms with Gasteiger partial charge in [0, 0.05) is 6.04 Å². The molecule has 0 unspecified atom stereocenters. The number of hydrogen-bond donors (Lipinski definition) is 1. The Balaban J connectivity index is 1.55. The summed E-state index contributed by atoms with van der Waals surface area (Å²) in [5, 5.41) is 2.82. The summed E-state index contributed by atoms with van der Waals surface area (Å²) in [6.45, 7) is 0. The van der Waals surface area contributed by atoms with Crippen LogP contribution in [0.5, 0.6) is 0 Å². The van der Waals surface area contributed by atoms with Crippen molar-refractivity contribution in [2.75, 3.05) is 0 Å². The SMILES string of the molecule is FC(F)(F)C1(NC2CC(c3ccccc3)C2)CC1. The third-order valence-electron chi connectivity index (χ3n) is 4.18. The molecular formula is C14H16F3N. The molecule has 2 aliphatic carbocycles. The van der Waals surface area contributed by atoms with Gasteiger partial charge in [0.2, 0.25) is 0 Å². The lowest BCUT2D eigenvalue weighted by atomic mass is 9.75. The molecule has 1 aromatic carbocycles. The monoisotopic (exact) mass is 255 g/mol. The average Bonchev–Trinajstić information content (AvgIpc) is 3.04. The van der Waals surface area contributed by atoms with Gasteiger partial charge in [-0.25, -0.2) is 0 Å².